The van der Waals surface area contributed by atoms with Gasteiger partial charge in [0.2, 0.25) is 5.95 Å². The Morgan fingerprint density at radius 1 is 1.21 bits per heavy atom. The highest BCUT2D eigenvalue weighted by molar-refractivity contribution is 5.56. The Labute approximate surface area is 106 Å². The van der Waals surface area contributed by atoms with Crippen molar-refractivity contribution in [1.82, 2.24) is 9.55 Å². The summed E-state index contributed by atoms with van der Waals surface area (Å²) in [5, 5.41) is 2.23. The first-order valence-corrected chi connectivity index (χ1v) is 5.26. The molecule has 0 aliphatic rings. The average Bonchev–Trinajstić information content (AvgIpc) is 2.80. The lowest BCUT2D eigenvalue weighted by Gasteiger charge is -2.10. The van der Waals surface area contributed by atoms with Crippen LogP contribution in [-0.2, 0) is 6.54 Å². The summed E-state index contributed by atoms with van der Waals surface area (Å²) in [6, 6.07) is 0.145. The molecule has 0 spiro atoms. The van der Waals surface area contributed by atoms with Crippen molar-refractivity contribution < 1.29 is 17.6 Å². The summed E-state index contributed by atoms with van der Waals surface area (Å²) in [7, 11) is 0. The zero-order valence-corrected chi connectivity index (χ0v) is 9.63. The van der Waals surface area contributed by atoms with Gasteiger partial charge in [-0.05, 0) is 0 Å². The molecule has 0 radical (unpaired) electrons. The average molecular weight is 271 g/mol. The van der Waals surface area contributed by atoms with E-state index in [2.05, 4.69) is 16.9 Å². The van der Waals surface area contributed by atoms with E-state index in [4.69, 9.17) is 0 Å². The molecule has 1 heterocycles. The number of anilines is 2. The molecule has 0 bridgehead atoms. The van der Waals surface area contributed by atoms with Gasteiger partial charge in [0.05, 0.1) is 0 Å². The Morgan fingerprint density at radius 3 is 2.42 bits per heavy atom. The van der Waals surface area contributed by atoms with Gasteiger partial charge < -0.3 is 9.88 Å². The van der Waals surface area contributed by atoms with Crippen molar-refractivity contribution in [3.05, 3.63) is 54.4 Å². The van der Waals surface area contributed by atoms with Crippen LogP contribution in [0.5, 0.6) is 0 Å². The van der Waals surface area contributed by atoms with Crippen molar-refractivity contribution in [3.63, 3.8) is 0 Å². The molecule has 0 unspecified atom stereocenters. The van der Waals surface area contributed by atoms with E-state index in [1.807, 2.05) is 0 Å². The molecule has 1 aromatic carbocycles. The van der Waals surface area contributed by atoms with Crippen LogP contribution in [-0.4, -0.2) is 9.55 Å². The van der Waals surface area contributed by atoms with Gasteiger partial charge >= 0.3 is 0 Å². The molecular weight excluding hydrogens is 262 g/mol. The molecule has 7 heteroatoms. The third-order valence-corrected chi connectivity index (χ3v) is 2.39. The molecule has 0 aliphatic carbocycles. The van der Waals surface area contributed by atoms with Crippen molar-refractivity contribution in [2.24, 2.45) is 0 Å². The van der Waals surface area contributed by atoms with Crippen molar-refractivity contribution >= 4 is 11.6 Å². The summed E-state index contributed by atoms with van der Waals surface area (Å²) in [6.45, 7) is 3.83. The van der Waals surface area contributed by atoms with Crippen LogP contribution in [0.15, 0.2) is 31.1 Å². The van der Waals surface area contributed by atoms with E-state index >= 15 is 0 Å². The third-order valence-electron chi connectivity index (χ3n) is 2.39. The Hall–Kier alpha value is -2.31. The summed E-state index contributed by atoms with van der Waals surface area (Å²) in [6.07, 6.45) is 4.43. The number of imidazole rings is 1. The summed E-state index contributed by atoms with van der Waals surface area (Å²) < 4.78 is 54.4. The van der Waals surface area contributed by atoms with Gasteiger partial charge in [-0.1, -0.05) is 6.08 Å². The van der Waals surface area contributed by atoms with Crippen LogP contribution in [0, 0.1) is 23.3 Å². The van der Waals surface area contributed by atoms with E-state index in [1.54, 1.807) is 0 Å². The molecule has 3 nitrogen and oxygen atoms in total. The smallest absolute Gasteiger partial charge is 0.207 e. The fraction of sp³-hybridized carbons (Fsp3) is 0.0833. The minimum atomic E-state index is -1.51. The van der Waals surface area contributed by atoms with Crippen LogP contribution in [0.2, 0.25) is 0 Å². The number of rotatable bonds is 4. The number of benzene rings is 1. The van der Waals surface area contributed by atoms with Crippen molar-refractivity contribution in [3.8, 4) is 0 Å². The van der Waals surface area contributed by atoms with Crippen LogP contribution in [0.25, 0.3) is 0 Å². The van der Waals surface area contributed by atoms with E-state index in [1.165, 1.54) is 23.0 Å². The lowest BCUT2D eigenvalue weighted by atomic mass is 10.2. The standard InChI is InChI=1S/C12H9F4N3/c1-2-4-19-5-3-17-12(19)18-11-9(15)7(13)6-8(14)10(11)16/h2-3,5-6H,1,4H2,(H,17,18). The van der Waals surface area contributed by atoms with Gasteiger partial charge in [0.25, 0.3) is 0 Å². The van der Waals surface area contributed by atoms with Gasteiger partial charge in [0.15, 0.2) is 23.3 Å². The van der Waals surface area contributed by atoms with E-state index in [9.17, 15) is 17.6 Å². The fourth-order valence-electron chi connectivity index (χ4n) is 1.51. The Bertz CT molecular complexity index is 595. The molecule has 0 saturated carbocycles. The second kappa shape index (κ2) is 5.13. The zero-order chi connectivity index (χ0) is 14.0. The molecular formula is C12H9F4N3. The van der Waals surface area contributed by atoms with Gasteiger partial charge in [-0.25, -0.2) is 22.5 Å². The van der Waals surface area contributed by atoms with E-state index in [-0.39, 0.29) is 12.0 Å². The molecule has 0 aliphatic heterocycles. The number of nitrogens with zero attached hydrogens (tertiary/aromatic N) is 2. The first-order chi connectivity index (χ1) is 9.04. The fourth-order valence-corrected chi connectivity index (χ4v) is 1.51. The van der Waals surface area contributed by atoms with Crippen LogP contribution < -0.4 is 5.32 Å². The minimum Gasteiger partial charge on any atom is -0.321 e. The number of allylic oxidation sites excluding steroid dienone is 1. The molecule has 0 amide bonds. The van der Waals surface area contributed by atoms with Crippen LogP contribution in [0.4, 0.5) is 29.2 Å². The van der Waals surface area contributed by atoms with Gasteiger partial charge in [0.1, 0.15) is 5.69 Å². The molecule has 2 rings (SSSR count). The lowest BCUT2D eigenvalue weighted by Crippen LogP contribution is -2.07. The lowest BCUT2D eigenvalue weighted by molar-refractivity contribution is 0.459. The monoisotopic (exact) mass is 271 g/mol. The first-order valence-electron chi connectivity index (χ1n) is 5.26. The number of halogens is 4. The summed E-state index contributed by atoms with van der Waals surface area (Å²) in [5.74, 6) is -5.94. The van der Waals surface area contributed by atoms with Crippen molar-refractivity contribution in [1.29, 1.82) is 0 Å². The van der Waals surface area contributed by atoms with Gasteiger partial charge in [-0.3, -0.25) is 0 Å². The minimum absolute atomic E-state index is 0.0442. The van der Waals surface area contributed by atoms with Crippen molar-refractivity contribution in [2.75, 3.05) is 5.32 Å². The summed E-state index contributed by atoms with van der Waals surface area (Å²) in [4.78, 5) is 3.80. The van der Waals surface area contributed by atoms with Gasteiger partial charge in [-0.15, -0.1) is 6.58 Å². The van der Waals surface area contributed by atoms with Crippen LogP contribution in [0.3, 0.4) is 0 Å². The predicted octanol–water partition coefficient (Wildman–Crippen LogP) is 3.37. The Kier molecular flexibility index (Phi) is 3.55. The topological polar surface area (TPSA) is 29.9 Å². The number of aromatic nitrogens is 2. The van der Waals surface area contributed by atoms with E-state index in [0.717, 1.165) is 0 Å². The number of hydrogen-bond acceptors (Lipinski definition) is 2. The van der Waals surface area contributed by atoms with Crippen LogP contribution >= 0.6 is 0 Å². The number of hydrogen-bond donors (Lipinski definition) is 1. The molecule has 0 saturated heterocycles. The Morgan fingerprint density at radius 2 is 1.84 bits per heavy atom. The first kappa shape index (κ1) is 13.1. The maximum absolute atomic E-state index is 13.5. The summed E-state index contributed by atoms with van der Waals surface area (Å²) in [5.41, 5.74) is -0.922. The normalized spacial score (nSPS) is 10.5. The Balaban J connectivity index is 2.43. The van der Waals surface area contributed by atoms with Crippen molar-refractivity contribution in [2.45, 2.75) is 6.54 Å². The molecule has 1 aromatic heterocycles. The summed E-state index contributed by atoms with van der Waals surface area (Å²) >= 11 is 0. The molecule has 19 heavy (non-hydrogen) atoms. The highest BCUT2D eigenvalue weighted by atomic mass is 19.2. The molecule has 100 valence electrons. The largest absolute Gasteiger partial charge is 0.321 e. The SMILES string of the molecule is C=CCn1ccnc1Nc1c(F)c(F)cc(F)c1F. The second-order valence-electron chi connectivity index (χ2n) is 3.66. The van der Waals surface area contributed by atoms with E-state index in [0.29, 0.717) is 6.54 Å². The predicted molar refractivity (Wildman–Crippen MR) is 62.0 cm³/mol. The number of nitrogens with one attached hydrogen (secondary N) is 1. The highest BCUT2D eigenvalue weighted by Gasteiger charge is 2.20. The molecule has 0 fully saturated rings. The quantitative estimate of drug-likeness (QED) is 0.525. The van der Waals surface area contributed by atoms with Crippen LogP contribution in [0.1, 0.15) is 0 Å². The maximum atomic E-state index is 13.5. The second-order valence-corrected chi connectivity index (χ2v) is 3.66. The van der Waals surface area contributed by atoms with Gasteiger partial charge in [0, 0.05) is 25.0 Å². The van der Waals surface area contributed by atoms with E-state index < -0.39 is 29.0 Å². The molecule has 2 aromatic rings. The maximum Gasteiger partial charge on any atom is 0.207 e. The third kappa shape index (κ3) is 2.44. The molecule has 0 atom stereocenters. The zero-order valence-electron chi connectivity index (χ0n) is 9.63. The van der Waals surface area contributed by atoms with Gasteiger partial charge in [-0.2, -0.15) is 0 Å². The highest BCUT2D eigenvalue weighted by Crippen LogP contribution is 2.26. The molecule has 1 N–H and O–H groups in total.